The molecule has 0 bridgehead atoms. The number of aryl methyl sites for hydroxylation is 1. The molecule has 1 aromatic heterocycles. The Balaban J connectivity index is 2.82. The fraction of sp³-hybridized carbons (Fsp3) is 0.545. The van der Waals surface area contributed by atoms with Crippen molar-refractivity contribution in [1.82, 2.24) is 10.0 Å². The summed E-state index contributed by atoms with van der Waals surface area (Å²) >= 11 is 0. The first-order valence-electron chi connectivity index (χ1n) is 5.85. The van der Waals surface area contributed by atoms with Gasteiger partial charge in [0.15, 0.2) is 0 Å². The summed E-state index contributed by atoms with van der Waals surface area (Å²) in [7, 11) is -2.41. The number of nitrogens with one attached hydrogen (secondary N) is 2. The van der Waals surface area contributed by atoms with Crippen LogP contribution in [0.2, 0.25) is 0 Å². The van der Waals surface area contributed by atoms with Crippen LogP contribution in [-0.4, -0.2) is 34.0 Å². The number of nitrogens with two attached hydrogens (primary N) is 1. The third-order valence-electron chi connectivity index (χ3n) is 2.56. The molecule has 19 heavy (non-hydrogen) atoms. The second-order valence-corrected chi connectivity index (χ2v) is 6.08. The van der Waals surface area contributed by atoms with Crippen molar-refractivity contribution in [2.24, 2.45) is 5.73 Å². The zero-order valence-electron chi connectivity index (χ0n) is 11.2. The third kappa shape index (κ3) is 4.05. The molecule has 1 atom stereocenters. The normalized spacial score (nSPS) is 13.3. The molecule has 0 aliphatic heterocycles. The molecule has 0 saturated heterocycles. The van der Waals surface area contributed by atoms with Gasteiger partial charge >= 0.3 is 0 Å². The summed E-state index contributed by atoms with van der Waals surface area (Å²) in [4.78, 5) is 11.8. The highest BCUT2D eigenvalue weighted by molar-refractivity contribution is 7.89. The lowest BCUT2D eigenvalue weighted by Gasteiger charge is -2.06. The molecule has 1 rings (SSSR count). The number of carbonyl (C=O) groups is 1. The highest BCUT2D eigenvalue weighted by Gasteiger charge is 2.22. The Labute approximate surface area is 112 Å². The molecule has 1 unspecified atom stereocenters. The van der Waals surface area contributed by atoms with E-state index in [1.807, 2.05) is 6.92 Å². The quantitative estimate of drug-likeness (QED) is 0.680. The zero-order valence-corrected chi connectivity index (χ0v) is 12.0. The summed E-state index contributed by atoms with van der Waals surface area (Å²) in [5.41, 5.74) is 5.78. The molecule has 0 aliphatic carbocycles. The number of rotatable bonds is 6. The topological polar surface area (TPSA) is 114 Å². The van der Waals surface area contributed by atoms with E-state index in [9.17, 15) is 13.2 Å². The van der Waals surface area contributed by atoms with Crippen molar-refractivity contribution in [3.05, 3.63) is 17.4 Å². The van der Waals surface area contributed by atoms with Gasteiger partial charge in [0, 0.05) is 18.7 Å². The van der Waals surface area contributed by atoms with E-state index in [0.29, 0.717) is 13.0 Å². The van der Waals surface area contributed by atoms with Crippen molar-refractivity contribution in [1.29, 1.82) is 0 Å². The van der Waals surface area contributed by atoms with Gasteiger partial charge in [0.1, 0.15) is 5.76 Å². The molecule has 7 nitrogen and oxygen atoms in total. The Morgan fingerprint density at radius 2 is 2.16 bits per heavy atom. The van der Waals surface area contributed by atoms with E-state index in [2.05, 4.69) is 10.0 Å². The van der Waals surface area contributed by atoms with E-state index in [0.717, 1.165) is 0 Å². The first kappa shape index (κ1) is 15.7. The van der Waals surface area contributed by atoms with Crippen LogP contribution >= 0.6 is 0 Å². The summed E-state index contributed by atoms with van der Waals surface area (Å²) in [6, 6.07) is 1.20. The van der Waals surface area contributed by atoms with Gasteiger partial charge in [-0.05, 0) is 27.3 Å². The molecular weight excluding hydrogens is 270 g/mol. The highest BCUT2D eigenvalue weighted by Crippen LogP contribution is 2.18. The maximum absolute atomic E-state index is 11.8. The number of hydrogen-bond acceptors (Lipinski definition) is 5. The van der Waals surface area contributed by atoms with Crippen LogP contribution < -0.4 is 15.8 Å². The minimum Gasteiger partial charge on any atom is -0.448 e. The summed E-state index contributed by atoms with van der Waals surface area (Å²) in [5.74, 6) is -0.119. The Morgan fingerprint density at radius 3 is 2.68 bits per heavy atom. The Hall–Kier alpha value is -1.38. The second-order valence-electron chi connectivity index (χ2n) is 4.26. The molecule has 0 fully saturated rings. The number of furan rings is 1. The van der Waals surface area contributed by atoms with Crippen molar-refractivity contribution < 1.29 is 17.6 Å². The lowest BCUT2D eigenvalue weighted by Crippen LogP contribution is -2.29. The molecule has 0 aliphatic rings. The van der Waals surface area contributed by atoms with Crippen molar-refractivity contribution >= 4 is 15.9 Å². The summed E-state index contributed by atoms with van der Waals surface area (Å²) in [6.07, 6.45) is 0.643. The molecule has 1 aromatic rings. The largest absolute Gasteiger partial charge is 0.448 e. The SMILES string of the molecule is CNS(=O)(=O)c1cc(C(=O)NCCC(C)N)c(C)o1. The van der Waals surface area contributed by atoms with E-state index in [-0.39, 0.29) is 28.4 Å². The second kappa shape index (κ2) is 6.18. The molecule has 0 saturated carbocycles. The van der Waals surface area contributed by atoms with Crippen molar-refractivity contribution in [2.45, 2.75) is 31.4 Å². The highest BCUT2D eigenvalue weighted by atomic mass is 32.2. The van der Waals surface area contributed by atoms with Gasteiger partial charge in [0.05, 0.1) is 5.56 Å². The Bertz CT molecular complexity index is 548. The van der Waals surface area contributed by atoms with Gasteiger partial charge < -0.3 is 15.5 Å². The maximum Gasteiger partial charge on any atom is 0.273 e. The van der Waals surface area contributed by atoms with Crippen LogP contribution in [0, 0.1) is 6.92 Å². The predicted octanol–water partition coefficient (Wildman–Crippen LogP) is -0.0368. The van der Waals surface area contributed by atoms with Gasteiger partial charge in [-0.2, -0.15) is 0 Å². The van der Waals surface area contributed by atoms with E-state index in [1.165, 1.54) is 20.0 Å². The molecule has 0 aromatic carbocycles. The molecule has 0 spiro atoms. The van der Waals surface area contributed by atoms with Gasteiger partial charge in [-0.1, -0.05) is 0 Å². The fourth-order valence-corrected chi connectivity index (χ4v) is 2.13. The molecule has 108 valence electrons. The van der Waals surface area contributed by atoms with E-state index >= 15 is 0 Å². The monoisotopic (exact) mass is 289 g/mol. The van der Waals surface area contributed by atoms with Gasteiger partial charge in [-0.15, -0.1) is 0 Å². The van der Waals surface area contributed by atoms with Gasteiger partial charge in [-0.25, -0.2) is 13.1 Å². The predicted molar refractivity (Wildman–Crippen MR) is 70.3 cm³/mol. The van der Waals surface area contributed by atoms with Crippen LogP contribution in [0.25, 0.3) is 0 Å². The summed E-state index contributed by atoms with van der Waals surface area (Å²) in [6.45, 7) is 3.80. The van der Waals surface area contributed by atoms with Crippen molar-refractivity contribution in [3.8, 4) is 0 Å². The van der Waals surface area contributed by atoms with Crippen LogP contribution in [0.4, 0.5) is 0 Å². The number of sulfonamides is 1. The Kier molecular flexibility index (Phi) is 5.10. The number of hydrogen-bond donors (Lipinski definition) is 3. The lowest BCUT2D eigenvalue weighted by molar-refractivity contribution is 0.0951. The molecule has 0 radical (unpaired) electrons. The first-order valence-corrected chi connectivity index (χ1v) is 7.34. The average molecular weight is 289 g/mol. The van der Waals surface area contributed by atoms with Crippen LogP contribution in [-0.2, 0) is 10.0 Å². The van der Waals surface area contributed by atoms with Gasteiger partial charge in [0.2, 0.25) is 5.09 Å². The molecule has 4 N–H and O–H groups in total. The van der Waals surface area contributed by atoms with Crippen LogP contribution in [0.3, 0.4) is 0 Å². The maximum atomic E-state index is 11.8. The number of amides is 1. The van der Waals surface area contributed by atoms with Crippen molar-refractivity contribution in [3.63, 3.8) is 0 Å². The van der Waals surface area contributed by atoms with Crippen LogP contribution in [0.5, 0.6) is 0 Å². The van der Waals surface area contributed by atoms with Gasteiger partial charge in [-0.3, -0.25) is 4.79 Å². The van der Waals surface area contributed by atoms with Crippen LogP contribution in [0.1, 0.15) is 29.5 Å². The fourth-order valence-electron chi connectivity index (χ4n) is 1.42. The minimum absolute atomic E-state index is 0.00835. The zero-order chi connectivity index (χ0) is 14.6. The average Bonchev–Trinajstić information content (AvgIpc) is 2.71. The smallest absolute Gasteiger partial charge is 0.273 e. The Morgan fingerprint density at radius 1 is 1.53 bits per heavy atom. The van der Waals surface area contributed by atoms with Crippen LogP contribution in [0.15, 0.2) is 15.6 Å². The van der Waals surface area contributed by atoms with E-state index in [1.54, 1.807) is 0 Å². The molecule has 1 heterocycles. The van der Waals surface area contributed by atoms with E-state index < -0.39 is 10.0 Å². The molecular formula is C11H19N3O4S. The molecule has 8 heteroatoms. The first-order chi connectivity index (χ1) is 8.77. The van der Waals surface area contributed by atoms with E-state index in [4.69, 9.17) is 10.2 Å². The molecule has 1 amide bonds. The summed E-state index contributed by atoms with van der Waals surface area (Å²) < 4.78 is 30.3. The minimum atomic E-state index is -3.68. The summed E-state index contributed by atoms with van der Waals surface area (Å²) in [5, 5.41) is 2.39. The van der Waals surface area contributed by atoms with Gasteiger partial charge in [0.25, 0.3) is 15.9 Å². The number of carbonyl (C=O) groups excluding carboxylic acids is 1. The lowest BCUT2D eigenvalue weighted by atomic mass is 10.2. The van der Waals surface area contributed by atoms with Crippen molar-refractivity contribution in [2.75, 3.05) is 13.6 Å². The standard InChI is InChI=1S/C11H19N3O4S/c1-7(12)4-5-14-11(15)9-6-10(18-8(9)2)19(16,17)13-3/h6-7,13H,4-5,12H2,1-3H3,(H,14,15). The third-order valence-corrected chi connectivity index (χ3v) is 3.83.